The maximum Gasteiger partial charge on any atom is 0.338 e. The Kier molecular flexibility index (Phi) is 6.10. The predicted molar refractivity (Wildman–Crippen MR) is 105 cm³/mol. The number of carbonyl (C=O) groups excluding carboxylic acids is 1. The maximum absolute atomic E-state index is 12.1. The average molecular weight is 366 g/mol. The van der Waals surface area contributed by atoms with Crippen LogP contribution in [0.3, 0.4) is 0 Å². The number of ether oxygens (including phenoxy) is 1. The molecule has 0 saturated heterocycles. The second-order valence-electron chi connectivity index (χ2n) is 6.17. The topological polar surface area (TPSA) is 71.8 Å². The van der Waals surface area contributed by atoms with Crippen molar-refractivity contribution in [2.45, 2.75) is 6.42 Å². The van der Waals surface area contributed by atoms with Gasteiger partial charge in [-0.3, -0.25) is 4.79 Å². The fourth-order valence-electron chi connectivity index (χ4n) is 2.69. The fourth-order valence-corrected chi connectivity index (χ4v) is 2.69. The van der Waals surface area contributed by atoms with Crippen molar-refractivity contribution in [1.29, 1.82) is 0 Å². The van der Waals surface area contributed by atoms with Crippen molar-refractivity contribution in [3.63, 3.8) is 0 Å². The van der Waals surface area contributed by atoms with Gasteiger partial charge in [0.1, 0.15) is 11.3 Å². The van der Waals surface area contributed by atoms with Gasteiger partial charge in [-0.1, -0.05) is 30.3 Å². The molecule has 2 aromatic carbocycles. The van der Waals surface area contributed by atoms with Crippen LogP contribution in [0.4, 0.5) is 5.69 Å². The normalized spacial score (nSPS) is 10.6. The summed E-state index contributed by atoms with van der Waals surface area (Å²) in [6, 6.07) is 18.1. The Balaban J connectivity index is 1.46. The van der Waals surface area contributed by atoms with Crippen molar-refractivity contribution in [2.75, 3.05) is 32.1 Å². The zero-order chi connectivity index (χ0) is 19.1. The number of hydrogen-bond donors (Lipinski definition) is 1. The highest BCUT2D eigenvalue weighted by Crippen LogP contribution is 2.20. The number of amides is 1. The first-order valence-electron chi connectivity index (χ1n) is 8.82. The molecule has 1 heterocycles. The van der Waals surface area contributed by atoms with Gasteiger partial charge in [0.05, 0.1) is 5.69 Å². The third-order valence-electron chi connectivity index (χ3n) is 4.17. The van der Waals surface area contributed by atoms with E-state index in [4.69, 9.17) is 9.15 Å². The van der Waals surface area contributed by atoms with Crippen LogP contribution in [0.5, 0.6) is 5.75 Å². The summed E-state index contributed by atoms with van der Waals surface area (Å²) < 4.78 is 10.7. The van der Waals surface area contributed by atoms with Crippen LogP contribution in [0, 0.1) is 0 Å². The molecule has 27 heavy (non-hydrogen) atoms. The maximum atomic E-state index is 12.1. The number of benzene rings is 2. The quantitative estimate of drug-likeness (QED) is 0.490. The van der Waals surface area contributed by atoms with Gasteiger partial charge in [0.15, 0.2) is 6.61 Å². The Labute approximate surface area is 157 Å². The molecular weight excluding hydrogens is 344 g/mol. The summed E-state index contributed by atoms with van der Waals surface area (Å²) in [6.45, 7) is 1.23. The molecule has 140 valence electrons. The molecule has 0 atom stereocenters. The Morgan fingerprint density at radius 2 is 1.85 bits per heavy atom. The largest absolute Gasteiger partial charge is 0.484 e. The van der Waals surface area contributed by atoms with E-state index in [1.54, 1.807) is 18.0 Å². The van der Waals surface area contributed by atoms with Gasteiger partial charge in [0, 0.05) is 31.6 Å². The van der Waals surface area contributed by atoms with Gasteiger partial charge in [-0.2, -0.15) is 0 Å². The van der Waals surface area contributed by atoms with Crippen molar-refractivity contribution in [3.8, 4) is 5.75 Å². The van der Waals surface area contributed by atoms with Gasteiger partial charge in [-0.05, 0) is 30.7 Å². The van der Waals surface area contributed by atoms with E-state index in [1.807, 2.05) is 48.5 Å². The molecule has 0 spiro atoms. The molecule has 0 unspecified atom stereocenters. The molecule has 3 rings (SSSR count). The van der Waals surface area contributed by atoms with Crippen LogP contribution >= 0.6 is 0 Å². The van der Waals surface area contributed by atoms with E-state index in [1.165, 1.54) is 6.07 Å². The lowest BCUT2D eigenvalue weighted by Gasteiger charge is -2.18. The number of hydrogen-bond acceptors (Lipinski definition) is 5. The number of para-hydroxylation sites is 2. The van der Waals surface area contributed by atoms with Crippen molar-refractivity contribution < 1.29 is 13.9 Å². The minimum absolute atomic E-state index is 0.0122. The Bertz CT molecular complexity index is 953. The molecule has 0 radical (unpaired) electrons. The zero-order valence-electron chi connectivity index (χ0n) is 15.2. The van der Waals surface area contributed by atoms with E-state index in [2.05, 4.69) is 5.32 Å². The Hall–Kier alpha value is -3.28. The predicted octanol–water partition coefficient (Wildman–Crippen LogP) is 3.13. The van der Waals surface area contributed by atoms with Crippen molar-refractivity contribution in [1.82, 2.24) is 4.90 Å². The molecule has 1 N–H and O–H groups in total. The molecule has 0 bridgehead atoms. The van der Waals surface area contributed by atoms with Crippen molar-refractivity contribution in [3.05, 3.63) is 71.1 Å². The second kappa shape index (κ2) is 8.89. The van der Waals surface area contributed by atoms with Gasteiger partial charge in [-0.25, -0.2) is 4.79 Å². The Morgan fingerprint density at radius 1 is 1.11 bits per heavy atom. The molecule has 0 aliphatic heterocycles. The minimum Gasteiger partial charge on any atom is -0.484 e. The van der Waals surface area contributed by atoms with Crippen LogP contribution in [0.1, 0.15) is 6.42 Å². The molecule has 6 nitrogen and oxygen atoms in total. The van der Waals surface area contributed by atoms with E-state index in [-0.39, 0.29) is 18.1 Å². The minimum atomic E-state index is -0.387. The van der Waals surface area contributed by atoms with Gasteiger partial charge in [-0.15, -0.1) is 0 Å². The molecule has 3 aromatic rings. The highest BCUT2D eigenvalue weighted by Gasteiger charge is 2.09. The molecule has 0 aliphatic carbocycles. The highest BCUT2D eigenvalue weighted by molar-refractivity contribution is 5.89. The van der Waals surface area contributed by atoms with Crippen LogP contribution in [-0.4, -0.2) is 37.6 Å². The number of fused-ring (bicyclic) bond motifs is 1. The molecule has 1 amide bonds. The van der Waals surface area contributed by atoms with Crippen LogP contribution in [0.2, 0.25) is 0 Å². The lowest BCUT2D eigenvalue weighted by Crippen LogP contribution is -2.33. The third kappa shape index (κ3) is 5.10. The third-order valence-corrected chi connectivity index (χ3v) is 4.17. The monoisotopic (exact) mass is 366 g/mol. The van der Waals surface area contributed by atoms with E-state index in [0.29, 0.717) is 24.4 Å². The number of nitrogens with zero attached hydrogens (tertiary/aromatic N) is 1. The summed E-state index contributed by atoms with van der Waals surface area (Å²) in [7, 11) is 1.75. The second-order valence-corrected chi connectivity index (χ2v) is 6.17. The standard InChI is InChI=1S/C21H22N2O4/c1-23(20(24)15-26-16-8-3-2-4-9-16)13-7-12-22-18-14-21(25)27-19-11-6-5-10-17(18)19/h2-6,8-11,14,22H,7,12-13,15H2,1H3. The smallest absolute Gasteiger partial charge is 0.338 e. The first-order chi connectivity index (χ1) is 13.1. The lowest BCUT2D eigenvalue weighted by molar-refractivity contribution is -0.132. The van der Waals surface area contributed by atoms with Crippen LogP contribution in [0.25, 0.3) is 11.0 Å². The number of nitrogens with one attached hydrogen (secondary N) is 1. The van der Waals surface area contributed by atoms with E-state index >= 15 is 0 Å². The SMILES string of the molecule is CN(CCCNc1cc(=O)oc2ccccc12)C(=O)COc1ccccc1. The van der Waals surface area contributed by atoms with Crippen LogP contribution < -0.4 is 15.7 Å². The average Bonchev–Trinajstić information content (AvgIpc) is 2.69. The zero-order valence-corrected chi connectivity index (χ0v) is 15.2. The molecule has 6 heteroatoms. The van der Waals surface area contributed by atoms with Crippen molar-refractivity contribution >= 4 is 22.6 Å². The molecule has 0 fully saturated rings. The summed E-state index contributed by atoms with van der Waals surface area (Å²) >= 11 is 0. The summed E-state index contributed by atoms with van der Waals surface area (Å²) in [4.78, 5) is 25.4. The first kappa shape index (κ1) is 18.5. The molecular formula is C21H22N2O4. The number of anilines is 1. The summed E-state index contributed by atoms with van der Waals surface area (Å²) in [5.41, 5.74) is 0.905. The van der Waals surface area contributed by atoms with Gasteiger partial charge >= 0.3 is 5.63 Å². The molecule has 0 saturated carbocycles. The van der Waals surface area contributed by atoms with Crippen LogP contribution in [-0.2, 0) is 4.79 Å². The number of likely N-dealkylation sites (N-methyl/N-ethyl adjacent to an activating group) is 1. The highest BCUT2D eigenvalue weighted by atomic mass is 16.5. The molecule has 1 aromatic heterocycles. The lowest BCUT2D eigenvalue weighted by atomic mass is 10.2. The fraction of sp³-hybridized carbons (Fsp3) is 0.238. The van der Waals surface area contributed by atoms with E-state index < -0.39 is 0 Å². The summed E-state index contributed by atoms with van der Waals surface area (Å²) in [6.07, 6.45) is 0.738. The van der Waals surface area contributed by atoms with Crippen molar-refractivity contribution in [2.24, 2.45) is 0 Å². The van der Waals surface area contributed by atoms with Gasteiger partial charge in [0.25, 0.3) is 5.91 Å². The first-order valence-corrected chi connectivity index (χ1v) is 8.82. The summed E-state index contributed by atoms with van der Waals surface area (Å²) in [5, 5.41) is 4.11. The number of carbonyl (C=O) groups is 1. The summed E-state index contributed by atoms with van der Waals surface area (Å²) in [5.74, 6) is 0.598. The van der Waals surface area contributed by atoms with E-state index in [0.717, 1.165) is 17.5 Å². The van der Waals surface area contributed by atoms with Gasteiger partial charge < -0.3 is 19.4 Å². The van der Waals surface area contributed by atoms with Crippen LogP contribution in [0.15, 0.2) is 69.9 Å². The van der Waals surface area contributed by atoms with Gasteiger partial charge in [0.2, 0.25) is 0 Å². The Morgan fingerprint density at radius 3 is 2.67 bits per heavy atom. The van der Waals surface area contributed by atoms with E-state index in [9.17, 15) is 9.59 Å². The molecule has 0 aliphatic rings. The number of rotatable bonds is 8.